The third kappa shape index (κ3) is 5.43. The molecule has 0 aromatic heterocycles. The molecular weight excluding hydrogens is 409 g/mol. The van der Waals surface area contributed by atoms with Crippen molar-refractivity contribution in [3.8, 4) is 5.75 Å². The smallest absolute Gasteiger partial charge is 0.321 e. The summed E-state index contributed by atoms with van der Waals surface area (Å²) >= 11 is 0. The van der Waals surface area contributed by atoms with Crippen molar-refractivity contribution in [2.75, 3.05) is 31.5 Å². The second kappa shape index (κ2) is 9.96. The Morgan fingerprint density at radius 2 is 1.56 bits per heavy atom. The van der Waals surface area contributed by atoms with Gasteiger partial charge in [-0.15, -0.1) is 0 Å². The van der Waals surface area contributed by atoms with Gasteiger partial charge in [-0.3, -0.25) is 4.79 Å². The molecule has 0 saturated carbocycles. The van der Waals surface area contributed by atoms with Gasteiger partial charge in [-0.25, -0.2) is 9.18 Å². The van der Waals surface area contributed by atoms with Crippen LogP contribution in [-0.2, 0) is 6.61 Å². The molecule has 1 aliphatic heterocycles. The monoisotopic (exact) mass is 433 g/mol. The quantitative estimate of drug-likeness (QED) is 0.649. The number of benzene rings is 3. The molecule has 1 N–H and O–H groups in total. The summed E-state index contributed by atoms with van der Waals surface area (Å²) in [4.78, 5) is 28.7. The fraction of sp³-hybridized carbons (Fsp3) is 0.200. The van der Waals surface area contributed by atoms with E-state index in [1.807, 2.05) is 18.2 Å². The molecule has 1 fully saturated rings. The Kier molecular flexibility index (Phi) is 6.65. The van der Waals surface area contributed by atoms with Crippen LogP contribution in [0.5, 0.6) is 5.75 Å². The zero-order chi connectivity index (χ0) is 22.3. The average molecular weight is 433 g/mol. The van der Waals surface area contributed by atoms with Gasteiger partial charge in [-0.2, -0.15) is 0 Å². The highest BCUT2D eigenvalue weighted by atomic mass is 19.1. The summed E-state index contributed by atoms with van der Waals surface area (Å²) in [5, 5.41) is 2.88. The number of amides is 3. The van der Waals surface area contributed by atoms with Crippen LogP contribution in [0.15, 0.2) is 78.9 Å². The van der Waals surface area contributed by atoms with Gasteiger partial charge in [0.2, 0.25) is 0 Å². The lowest BCUT2D eigenvalue weighted by Gasteiger charge is -2.34. The van der Waals surface area contributed by atoms with Crippen LogP contribution in [0.3, 0.4) is 0 Å². The van der Waals surface area contributed by atoms with Gasteiger partial charge >= 0.3 is 6.03 Å². The molecule has 0 aliphatic carbocycles. The van der Waals surface area contributed by atoms with E-state index in [4.69, 9.17) is 4.74 Å². The number of piperazine rings is 1. The maximum atomic E-state index is 13.3. The predicted octanol–water partition coefficient (Wildman–Crippen LogP) is 4.39. The molecule has 1 aliphatic rings. The highest BCUT2D eigenvalue weighted by Crippen LogP contribution is 2.20. The molecule has 3 aromatic carbocycles. The van der Waals surface area contributed by atoms with Gasteiger partial charge in [0.15, 0.2) is 0 Å². The van der Waals surface area contributed by atoms with E-state index >= 15 is 0 Å². The molecule has 0 unspecified atom stereocenters. The van der Waals surface area contributed by atoms with Gasteiger partial charge in [0.1, 0.15) is 18.2 Å². The summed E-state index contributed by atoms with van der Waals surface area (Å²) in [5.41, 5.74) is 1.98. The molecule has 164 valence electrons. The molecule has 6 nitrogen and oxygen atoms in total. The highest BCUT2D eigenvalue weighted by Gasteiger charge is 2.24. The predicted molar refractivity (Wildman–Crippen MR) is 120 cm³/mol. The zero-order valence-corrected chi connectivity index (χ0v) is 17.5. The summed E-state index contributed by atoms with van der Waals surface area (Å²) in [6.07, 6.45) is 0. The number of urea groups is 1. The third-order valence-corrected chi connectivity index (χ3v) is 5.25. The Bertz CT molecular complexity index is 1080. The van der Waals surface area contributed by atoms with Gasteiger partial charge < -0.3 is 19.9 Å². The van der Waals surface area contributed by atoms with Crippen LogP contribution in [0.1, 0.15) is 15.9 Å². The van der Waals surface area contributed by atoms with Crippen LogP contribution < -0.4 is 10.1 Å². The van der Waals surface area contributed by atoms with Crippen molar-refractivity contribution >= 4 is 17.6 Å². The Labute approximate surface area is 186 Å². The molecule has 1 heterocycles. The molecule has 3 amide bonds. The van der Waals surface area contributed by atoms with Gasteiger partial charge in [-0.05, 0) is 42.0 Å². The summed E-state index contributed by atoms with van der Waals surface area (Å²) in [7, 11) is 0. The van der Waals surface area contributed by atoms with Crippen molar-refractivity contribution in [1.82, 2.24) is 9.80 Å². The molecule has 4 rings (SSSR count). The Hall–Kier alpha value is -3.87. The van der Waals surface area contributed by atoms with Crippen molar-refractivity contribution in [1.29, 1.82) is 0 Å². The van der Waals surface area contributed by atoms with E-state index in [1.165, 1.54) is 12.1 Å². The fourth-order valence-electron chi connectivity index (χ4n) is 3.54. The number of anilines is 1. The molecule has 0 atom stereocenters. The van der Waals surface area contributed by atoms with Gasteiger partial charge in [-0.1, -0.05) is 36.4 Å². The number of nitrogens with one attached hydrogen (secondary N) is 1. The van der Waals surface area contributed by atoms with Crippen LogP contribution >= 0.6 is 0 Å². The lowest BCUT2D eigenvalue weighted by molar-refractivity contribution is 0.0671. The summed E-state index contributed by atoms with van der Waals surface area (Å²) in [6.45, 7) is 2.11. The molecule has 7 heteroatoms. The minimum Gasteiger partial charge on any atom is -0.489 e. The standard InChI is InChI=1S/C25H24FN3O3/c26-21-9-4-6-19(16-21)18-32-23-11-5-10-22(17-23)27-25(31)29-14-12-28(13-15-29)24(30)20-7-2-1-3-8-20/h1-11,16-17H,12-15,18H2,(H,27,31). The second-order valence-corrected chi connectivity index (χ2v) is 7.52. The minimum atomic E-state index is -0.308. The van der Waals surface area contributed by atoms with Crippen LogP contribution in [0.25, 0.3) is 0 Å². The number of hydrogen-bond acceptors (Lipinski definition) is 3. The molecule has 0 bridgehead atoms. The topological polar surface area (TPSA) is 61.9 Å². The van der Waals surface area contributed by atoms with Gasteiger partial charge in [0.25, 0.3) is 5.91 Å². The number of ether oxygens (including phenoxy) is 1. The van der Waals surface area contributed by atoms with Crippen molar-refractivity contribution in [3.63, 3.8) is 0 Å². The molecule has 32 heavy (non-hydrogen) atoms. The Morgan fingerprint density at radius 3 is 2.31 bits per heavy atom. The van der Waals surface area contributed by atoms with E-state index in [1.54, 1.807) is 58.3 Å². The molecule has 3 aromatic rings. The van der Waals surface area contributed by atoms with Crippen molar-refractivity contribution < 1.29 is 18.7 Å². The van der Waals surface area contributed by atoms with E-state index in [9.17, 15) is 14.0 Å². The maximum absolute atomic E-state index is 13.3. The number of rotatable bonds is 5. The SMILES string of the molecule is O=C(Nc1cccc(OCc2cccc(F)c2)c1)N1CCN(C(=O)c2ccccc2)CC1. The molecule has 0 spiro atoms. The number of hydrogen-bond donors (Lipinski definition) is 1. The van der Waals surface area contributed by atoms with Crippen LogP contribution in [-0.4, -0.2) is 47.9 Å². The lowest BCUT2D eigenvalue weighted by Crippen LogP contribution is -2.51. The zero-order valence-electron chi connectivity index (χ0n) is 17.5. The Morgan fingerprint density at radius 1 is 0.844 bits per heavy atom. The Balaban J connectivity index is 1.29. The summed E-state index contributed by atoms with van der Waals surface area (Å²) in [5.74, 6) is 0.247. The third-order valence-electron chi connectivity index (χ3n) is 5.25. The highest BCUT2D eigenvalue weighted by molar-refractivity contribution is 5.94. The molecule has 0 radical (unpaired) electrons. The largest absolute Gasteiger partial charge is 0.489 e. The van der Waals surface area contributed by atoms with Crippen LogP contribution in [0, 0.1) is 5.82 Å². The van der Waals surface area contributed by atoms with E-state index in [2.05, 4.69) is 5.32 Å². The van der Waals surface area contributed by atoms with E-state index < -0.39 is 0 Å². The van der Waals surface area contributed by atoms with Crippen molar-refractivity contribution in [2.45, 2.75) is 6.61 Å². The van der Waals surface area contributed by atoms with Crippen LogP contribution in [0.2, 0.25) is 0 Å². The summed E-state index contributed by atoms with van der Waals surface area (Å²) in [6, 6.07) is 22.2. The number of carbonyl (C=O) groups excluding carboxylic acids is 2. The first kappa shape index (κ1) is 21.4. The first-order valence-corrected chi connectivity index (χ1v) is 10.5. The lowest BCUT2D eigenvalue weighted by atomic mass is 10.2. The second-order valence-electron chi connectivity index (χ2n) is 7.52. The van der Waals surface area contributed by atoms with E-state index in [0.717, 1.165) is 5.56 Å². The number of halogens is 1. The van der Waals surface area contributed by atoms with E-state index in [0.29, 0.717) is 43.2 Å². The van der Waals surface area contributed by atoms with Crippen molar-refractivity contribution in [2.24, 2.45) is 0 Å². The van der Waals surface area contributed by atoms with Crippen LogP contribution in [0.4, 0.5) is 14.9 Å². The van der Waals surface area contributed by atoms with Gasteiger partial charge in [0, 0.05) is 43.5 Å². The molecular formula is C25H24FN3O3. The van der Waals surface area contributed by atoms with Crippen molar-refractivity contribution in [3.05, 3.63) is 95.8 Å². The number of nitrogens with zero attached hydrogens (tertiary/aromatic N) is 2. The minimum absolute atomic E-state index is 0.0196. The molecule has 1 saturated heterocycles. The normalized spacial score (nSPS) is 13.5. The fourth-order valence-corrected chi connectivity index (χ4v) is 3.54. The van der Waals surface area contributed by atoms with E-state index in [-0.39, 0.29) is 24.4 Å². The number of carbonyl (C=O) groups is 2. The maximum Gasteiger partial charge on any atom is 0.321 e. The average Bonchev–Trinajstić information content (AvgIpc) is 2.83. The van der Waals surface area contributed by atoms with Gasteiger partial charge in [0.05, 0.1) is 0 Å². The summed E-state index contributed by atoms with van der Waals surface area (Å²) < 4.78 is 19.0. The first-order valence-electron chi connectivity index (χ1n) is 10.5. The first-order chi connectivity index (χ1) is 15.6.